The molecule has 0 radical (unpaired) electrons. The number of hydrogen-bond donors (Lipinski definition) is 0. The van der Waals surface area contributed by atoms with Gasteiger partial charge in [-0.3, -0.25) is 0 Å². The van der Waals surface area contributed by atoms with Gasteiger partial charge < -0.3 is 0 Å². The molecule has 1 aliphatic carbocycles. The monoisotopic (exact) mass is 422 g/mol. The highest BCUT2D eigenvalue weighted by atomic mass is 14.2. The largest absolute Gasteiger partial charge is 0.100 e. The molecule has 0 heteroatoms. The zero-order chi connectivity index (χ0) is 23.6. The van der Waals surface area contributed by atoms with Crippen LogP contribution in [-0.2, 0) is 0 Å². The number of allylic oxidation sites excluding steroid dienone is 7. The van der Waals surface area contributed by atoms with Gasteiger partial charge in [0.25, 0.3) is 0 Å². The van der Waals surface area contributed by atoms with E-state index < -0.39 is 0 Å². The van der Waals surface area contributed by atoms with E-state index in [2.05, 4.69) is 96.7 Å². The van der Waals surface area contributed by atoms with Gasteiger partial charge in [-0.15, -0.1) is 6.58 Å². The number of hydrogen-bond acceptors (Lipinski definition) is 0. The molecular weight excluding hydrogens is 372 g/mol. The summed E-state index contributed by atoms with van der Waals surface area (Å²) >= 11 is 0. The first-order valence-electron chi connectivity index (χ1n) is 12.5. The molecular formula is C31H50. The van der Waals surface area contributed by atoms with E-state index in [1.165, 1.54) is 66.4 Å². The zero-order valence-electron chi connectivity index (χ0n) is 21.9. The number of rotatable bonds is 6. The van der Waals surface area contributed by atoms with Crippen molar-refractivity contribution in [1.82, 2.24) is 0 Å². The minimum atomic E-state index is 0.502. The third kappa shape index (κ3) is 12.6. The van der Waals surface area contributed by atoms with Gasteiger partial charge in [0.15, 0.2) is 0 Å². The van der Waals surface area contributed by atoms with Crippen molar-refractivity contribution >= 4 is 5.57 Å². The van der Waals surface area contributed by atoms with E-state index in [4.69, 9.17) is 0 Å². The molecule has 1 fully saturated rings. The molecule has 0 saturated heterocycles. The summed E-state index contributed by atoms with van der Waals surface area (Å²) in [6, 6.07) is 8.66. The van der Waals surface area contributed by atoms with Crippen LogP contribution in [0.25, 0.3) is 5.57 Å². The van der Waals surface area contributed by atoms with Gasteiger partial charge >= 0.3 is 0 Å². The third-order valence-electron chi connectivity index (χ3n) is 5.95. The maximum Gasteiger partial charge on any atom is 0.00486 e. The molecule has 31 heavy (non-hydrogen) atoms. The Morgan fingerprint density at radius 2 is 1.61 bits per heavy atom. The summed E-state index contributed by atoms with van der Waals surface area (Å²) < 4.78 is 0. The minimum Gasteiger partial charge on any atom is -0.100 e. The van der Waals surface area contributed by atoms with Crippen LogP contribution in [0.1, 0.15) is 105 Å². The molecule has 0 nitrogen and oxygen atoms in total. The standard InChI is InChI=1S/C19H26.C8H16.C4H8/c1-6-9-12-15(4)17(7-2)18(8-3)19-14-11-10-13-16(19)5;1-2-8-6-4-3-5-7-8;1-4(2)3/h6,8-14,17H,7H2,1-5H3;8H,2-7H2,1H3;1H2,2-3H3/b9-6-,15-12+,18-8-;;. The highest BCUT2D eigenvalue weighted by Crippen LogP contribution is 2.33. The van der Waals surface area contributed by atoms with Gasteiger partial charge in [-0.05, 0) is 70.6 Å². The molecule has 1 saturated carbocycles. The lowest BCUT2D eigenvalue weighted by Gasteiger charge is -2.21. The van der Waals surface area contributed by atoms with Crippen LogP contribution in [0.3, 0.4) is 0 Å². The lowest BCUT2D eigenvalue weighted by atomic mass is 9.83. The van der Waals surface area contributed by atoms with E-state index in [-0.39, 0.29) is 0 Å². The van der Waals surface area contributed by atoms with Gasteiger partial charge in [-0.25, -0.2) is 0 Å². The van der Waals surface area contributed by atoms with Crippen LogP contribution in [0.5, 0.6) is 0 Å². The van der Waals surface area contributed by atoms with Crippen molar-refractivity contribution in [3.63, 3.8) is 0 Å². The predicted octanol–water partition coefficient (Wildman–Crippen LogP) is 10.5. The molecule has 0 aromatic heterocycles. The Balaban J connectivity index is 0.000000613. The molecule has 1 aromatic carbocycles. The molecule has 1 aromatic rings. The van der Waals surface area contributed by atoms with Crippen LogP contribution < -0.4 is 0 Å². The average Bonchev–Trinajstić information content (AvgIpc) is 2.77. The van der Waals surface area contributed by atoms with Crippen LogP contribution in [0.15, 0.2) is 66.3 Å². The van der Waals surface area contributed by atoms with Crippen molar-refractivity contribution in [3.8, 4) is 0 Å². The van der Waals surface area contributed by atoms with Gasteiger partial charge in [0, 0.05) is 5.92 Å². The van der Waals surface area contributed by atoms with Gasteiger partial charge in [0.1, 0.15) is 0 Å². The second kappa shape index (κ2) is 17.8. The molecule has 0 aliphatic heterocycles. The van der Waals surface area contributed by atoms with E-state index >= 15 is 0 Å². The molecule has 0 N–H and O–H groups in total. The van der Waals surface area contributed by atoms with Gasteiger partial charge in [0.05, 0.1) is 0 Å². The van der Waals surface area contributed by atoms with Crippen LogP contribution in [0.2, 0.25) is 0 Å². The second-order valence-electron chi connectivity index (χ2n) is 9.08. The summed E-state index contributed by atoms with van der Waals surface area (Å²) in [6.07, 6.45) is 18.8. The van der Waals surface area contributed by atoms with E-state index in [0.29, 0.717) is 5.92 Å². The Bertz CT molecular complexity index is 689. The second-order valence-corrected chi connectivity index (χ2v) is 9.08. The van der Waals surface area contributed by atoms with Crippen LogP contribution in [0.4, 0.5) is 0 Å². The van der Waals surface area contributed by atoms with E-state index in [1.807, 2.05) is 13.8 Å². The quantitative estimate of drug-likeness (QED) is 0.316. The Morgan fingerprint density at radius 3 is 2.03 bits per heavy atom. The Hall–Kier alpha value is -1.82. The predicted molar refractivity (Wildman–Crippen MR) is 145 cm³/mol. The van der Waals surface area contributed by atoms with Gasteiger partial charge in [-0.1, -0.05) is 112 Å². The van der Waals surface area contributed by atoms with E-state index in [0.717, 1.165) is 12.3 Å². The summed E-state index contributed by atoms with van der Waals surface area (Å²) in [5.74, 6) is 1.59. The lowest BCUT2D eigenvalue weighted by molar-refractivity contribution is 0.349. The Kier molecular flexibility index (Phi) is 16.8. The lowest BCUT2D eigenvalue weighted by Crippen LogP contribution is -2.05. The third-order valence-corrected chi connectivity index (χ3v) is 5.95. The number of aryl methyl sites for hydroxylation is 1. The molecule has 174 valence electrons. The van der Waals surface area contributed by atoms with Crippen molar-refractivity contribution in [2.45, 2.75) is 100 Å². The van der Waals surface area contributed by atoms with E-state index in [9.17, 15) is 0 Å². The maximum atomic E-state index is 3.56. The van der Waals surface area contributed by atoms with Gasteiger partial charge in [-0.2, -0.15) is 0 Å². The highest BCUT2D eigenvalue weighted by molar-refractivity contribution is 5.71. The molecule has 1 unspecified atom stereocenters. The molecule has 0 spiro atoms. The van der Waals surface area contributed by atoms with E-state index in [1.54, 1.807) is 0 Å². The summed E-state index contributed by atoms with van der Waals surface area (Å²) in [5.41, 5.74) is 6.77. The molecule has 0 amide bonds. The maximum absolute atomic E-state index is 3.56. The Labute approximate surface area is 195 Å². The molecule has 0 heterocycles. The van der Waals surface area contributed by atoms with Gasteiger partial charge in [0.2, 0.25) is 0 Å². The SMILES string of the molecule is C/C=C\C=C(/C)C(CC)/C(=C/C)c1ccccc1C.C=C(C)C.CCC1CCCCC1. The fourth-order valence-corrected chi connectivity index (χ4v) is 4.19. The van der Waals surface area contributed by atoms with Crippen LogP contribution >= 0.6 is 0 Å². The fourth-order valence-electron chi connectivity index (χ4n) is 4.19. The first kappa shape index (κ1) is 29.2. The van der Waals surface area contributed by atoms with Crippen molar-refractivity contribution in [1.29, 1.82) is 0 Å². The topological polar surface area (TPSA) is 0 Å². The van der Waals surface area contributed by atoms with Crippen molar-refractivity contribution < 1.29 is 0 Å². The number of benzene rings is 1. The van der Waals surface area contributed by atoms with Crippen LogP contribution in [0, 0.1) is 18.8 Å². The normalized spacial score (nSPS) is 16.1. The molecule has 1 atom stereocenters. The van der Waals surface area contributed by atoms with Crippen molar-refractivity contribution in [2.24, 2.45) is 11.8 Å². The molecule has 0 bridgehead atoms. The van der Waals surface area contributed by atoms with Crippen molar-refractivity contribution in [2.75, 3.05) is 0 Å². The minimum absolute atomic E-state index is 0.502. The molecule has 2 rings (SSSR count). The first-order valence-corrected chi connectivity index (χ1v) is 12.5. The first-order chi connectivity index (χ1) is 14.8. The zero-order valence-corrected chi connectivity index (χ0v) is 21.9. The smallest absolute Gasteiger partial charge is 0.00486 e. The average molecular weight is 423 g/mol. The summed E-state index contributed by atoms with van der Waals surface area (Å²) in [4.78, 5) is 0. The summed E-state index contributed by atoms with van der Waals surface area (Å²) in [6.45, 7) is 20.7. The molecule has 1 aliphatic rings. The fraction of sp³-hybridized carbons (Fsp3) is 0.548. The van der Waals surface area contributed by atoms with Crippen molar-refractivity contribution in [3.05, 3.63) is 77.4 Å². The van der Waals surface area contributed by atoms with Crippen LogP contribution in [-0.4, -0.2) is 0 Å². The summed E-state index contributed by atoms with van der Waals surface area (Å²) in [7, 11) is 0. The highest BCUT2D eigenvalue weighted by Gasteiger charge is 2.16. The Morgan fingerprint density at radius 1 is 1.03 bits per heavy atom. The summed E-state index contributed by atoms with van der Waals surface area (Å²) in [5, 5.41) is 0.